The molecule has 0 bridgehead atoms. The van der Waals surface area contributed by atoms with E-state index in [0.29, 0.717) is 10.7 Å². The lowest BCUT2D eigenvalue weighted by Crippen LogP contribution is -2.13. The van der Waals surface area contributed by atoms with Crippen molar-refractivity contribution in [2.24, 2.45) is 0 Å². The number of halogens is 1. The third-order valence-electron chi connectivity index (χ3n) is 3.65. The highest BCUT2D eigenvalue weighted by Gasteiger charge is 2.18. The third kappa shape index (κ3) is 4.05. The normalized spacial score (nSPS) is 14.8. The van der Waals surface area contributed by atoms with Crippen LogP contribution in [0.25, 0.3) is 11.6 Å². The standard InChI is InChI=1S/C20H15ClN2O2/c1-2-19(24)22-16-9-3-13(4-10-16)11-18-17(12-20(25)23-18)14-5-7-15(21)8-6-14/h2-12H,1H2,(H,22,24)(H,23,25)/b18-11-. The average molecular weight is 351 g/mol. The molecular formula is C20H15ClN2O2. The summed E-state index contributed by atoms with van der Waals surface area (Å²) in [7, 11) is 0. The van der Waals surface area contributed by atoms with Gasteiger partial charge < -0.3 is 10.6 Å². The molecule has 0 aliphatic carbocycles. The number of anilines is 1. The molecule has 0 saturated heterocycles. The van der Waals surface area contributed by atoms with Crippen molar-refractivity contribution >= 4 is 40.8 Å². The predicted molar refractivity (Wildman–Crippen MR) is 101 cm³/mol. The number of carbonyl (C=O) groups is 2. The Hall–Kier alpha value is -3.11. The van der Waals surface area contributed by atoms with Gasteiger partial charge in [-0.25, -0.2) is 0 Å². The first kappa shape index (κ1) is 16.7. The Bertz CT molecular complexity index is 894. The van der Waals surface area contributed by atoms with E-state index in [1.54, 1.807) is 30.3 Å². The van der Waals surface area contributed by atoms with Gasteiger partial charge in [0.2, 0.25) is 11.8 Å². The van der Waals surface area contributed by atoms with E-state index in [-0.39, 0.29) is 11.8 Å². The highest BCUT2D eigenvalue weighted by Crippen LogP contribution is 2.28. The minimum atomic E-state index is -0.262. The van der Waals surface area contributed by atoms with Crippen molar-refractivity contribution in [3.05, 3.63) is 89.1 Å². The number of nitrogens with one attached hydrogen (secondary N) is 2. The van der Waals surface area contributed by atoms with Crippen LogP contribution in [-0.2, 0) is 9.59 Å². The second-order valence-corrected chi connectivity index (χ2v) is 5.86. The lowest BCUT2D eigenvalue weighted by molar-refractivity contribution is -0.115. The molecule has 0 fully saturated rings. The van der Waals surface area contributed by atoms with E-state index in [2.05, 4.69) is 17.2 Å². The maximum Gasteiger partial charge on any atom is 0.249 e. The van der Waals surface area contributed by atoms with E-state index < -0.39 is 0 Å². The summed E-state index contributed by atoms with van der Waals surface area (Å²) in [5.41, 5.74) is 4.01. The molecule has 0 aromatic heterocycles. The highest BCUT2D eigenvalue weighted by atomic mass is 35.5. The van der Waals surface area contributed by atoms with E-state index in [1.165, 1.54) is 6.08 Å². The predicted octanol–water partition coefficient (Wildman–Crippen LogP) is 4.02. The number of rotatable bonds is 4. The summed E-state index contributed by atoms with van der Waals surface area (Å²) >= 11 is 5.92. The summed E-state index contributed by atoms with van der Waals surface area (Å²) in [6, 6.07) is 14.6. The van der Waals surface area contributed by atoms with Crippen molar-refractivity contribution < 1.29 is 9.59 Å². The summed E-state index contributed by atoms with van der Waals surface area (Å²) in [6.45, 7) is 3.42. The summed E-state index contributed by atoms with van der Waals surface area (Å²) < 4.78 is 0. The van der Waals surface area contributed by atoms with Crippen LogP contribution in [0, 0.1) is 0 Å². The van der Waals surface area contributed by atoms with Crippen LogP contribution in [0.1, 0.15) is 11.1 Å². The Morgan fingerprint density at radius 2 is 1.76 bits per heavy atom. The fourth-order valence-electron chi connectivity index (χ4n) is 2.45. The van der Waals surface area contributed by atoms with Crippen LogP contribution in [0.4, 0.5) is 5.69 Å². The minimum Gasteiger partial charge on any atom is -0.323 e. The number of carbonyl (C=O) groups excluding carboxylic acids is 2. The Kier molecular flexibility index (Phi) is 4.82. The fourth-order valence-corrected chi connectivity index (χ4v) is 2.58. The van der Waals surface area contributed by atoms with E-state index in [4.69, 9.17) is 11.6 Å². The van der Waals surface area contributed by atoms with Crippen molar-refractivity contribution in [2.45, 2.75) is 0 Å². The van der Waals surface area contributed by atoms with Gasteiger partial charge in [0.05, 0.1) is 0 Å². The van der Waals surface area contributed by atoms with Gasteiger partial charge >= 0.3 is 0 Å². The lowest BCUT2D eigenvalue weighted by atomic mass is 10.0. The molecule has 1 heterocycles. The molecule has 124 valence electrons. The summed E-state index contributed by atoms with van der Waals surface area (Å²) in [4.78, 5) is 23.1. The molecule has 25 heavy (non-hydrogen) atoms. The average Bonchev–Trinajstić information content (AvgIpc) is 2.97. The van der Waals surface area contributed by atoms with Gasteiger partial charge in [-0.1, -0.05) is 42.4 Å². The Morgan fingerprint density at radius 1 is 1.08 bits per heavy atom. The van der Waals surface area contributed by atoms with Gasteiger partial charge in [0.1, 0.15) is 0 Å². The Balaban J connectivity index is 1.85. The van der Waals surface area contributed by atoms with Gasteiger partial charge in [0.15, 0.2) is 0 Å². The molecule has 0 spiro atoms. The molecule has 0 unspecified atom stereocenters. The molecule has 1 aliphatic rings. The van der Waals surface area contributed by atoms with Crippen molar-refractivity contribution in [1.29, 1.82) is 0 Å². The van der Waals surface area contributed by atoms with Crippen molar-refractivity contribution in [2.75, 3.05) is 5.32 Å². The summed E-state index contributed by atoms with van der Waals surface area (Å²) in [5.74, 6) is -0.423. The molecule has 4 nitrogen and oxygen atoms in total. The number of hydrogen-bond acceptors (Lipinski definition) is 2. The maximum atomic E-state index is 11.8. The summed E-state index contributed by atoms with van der Waals surface area (Å²) in [6.07, 6.45) is 4.66. The third-order valence-corrected chi connectivity index (χ3v) is 3.91. The monoisotopic (exact) mass is 350 g/mol. The van der Waals surface area contributed by atoms with Crippen molar-refractivity contribution in [3.63, 3.8) is 0 Å². The molecule has 5 heteroatoms. The first-order valence-electron chi connectivity index (χ1n) is 7.59. The smallest absolute Gasteiger partial charge is 0.249 e. The van der Waals surface area contributed by atoms with Gasteiger partial charge in [-0.2, -0.15) is 0 Å². The Labute approximate surface area is 150 Å². The van der Waals surface area contributed by atoms with Crippen LogP contribution in [0.2, 0.25) is 5.02 Å². The number of hydrogen-bond donors (Lipinski definition) is 2. The fraction of sp³-hybridized carbons (Fsp3) is 0. The second kappa shape index (κ2) is 7.20. The lowest BCUT2D eigenvalue weighted by Gasteiger charge is -2.07. The molecule has 2 aromatic rings. The molecule has 1 aliphatic heterocycles. The Morgan fingerprint density at radius 3 is 2.40 bits per heavy atom. The van der Waals surface area contributed by atoms with Crippen LogP contribution in [0.5, 0.6) is 0 Å². The largest absolute Gasteiger partial charge is 0.323 e. The van der Waals surface area contributed by atoms with Crippen molar-refractivity contribution in [1.82, 2.24) is 5.32 Å². The molecule has 2 N–H and O–H groups in total. The quantitative estimate of drug-likeness (QED) is 0.818. The molecule has 2 amide bonds. The van der Waals surface area contributed by atoms with E-state index in [9.17, 15) is 9.59 Å². The molecule has 0 radical (unpaired) electrons. The SMILES string of the molecule is C=CC(=O)Nc1ccc(/C=C2\NC(=O)C=C2c2ccc(Cl)cc2)cc1. The van der Waals surface area contributed by atoms with E-state index in [0.717, 1.165) is 22.4 Å². The van der Waals surface area contributed by atoms with E-state index >= 15 is 0 Å². The highest BCUT2D eigenvalue weighted by molar-refractivity contribution is 6.30. The molecule has 2 aromatic carbocycles. The molecule has 0 atom stereocenters. The number of amides is 2. The van der Waals surface area contributed by atoms with E-state index in [1.807, 2.05) is 30.3 Å². The first-order chi connectivity index (χ1) is 12.0. The zero-order chi connectivity index (χ0) is 17.8. The number of allylic oxidation sites excluding steroid dienone is 1. The van der Waals surface area contributed by atoms with Crippen molar-refractivity contribution in [3.8, 4) is 0 Å². The topological polar surface area (TPSA) is 58.2 Å². The zero-order valence-electron chi connectivity index (χ0n) is 13.3. The van der Waals surface area contributed by atoms with Gasteiger partial charge in [-0.3, -0.25) is 9.59 Å². The molecule has 3 rings (SSSR count). The van der Waals surface area contributed by atoms with Crippen LogP contribution < -0.4 is 10.6 Å². The van der Waals surface area contributed by atoms with Crippen LogP contribution in [0.15, 0.2) is 73.0 Å². The van der Waals surface area contributed by atoms with Gasteiger partial charge in [0.25, 0.3) is 0 Å². The first-order valence-corrected chi connectivity index (χ1v) is 7.97. The molecule has 0 saturated carbocycles. The van der Waals surface area contributed by atoms with Gasteiger partial charge in [0, 0.05) is 28.1 Å². The molecular weight excluding hydrogens is 336 g/mol. The van der Waals surface area contributed by atoms with Crippen LogP contribution >= 0.6 is 11.6 Å². The van der Waals surface area contributed by atoms with Gasteiger partial charge in [-0.05, 0) is 47.5 Å². The van der Waals surface area contributed by atoms with Crippen LogP contribution in [-0.4, -0.2) is 11.8 Å². The summed E-state index contributed by atoms with van der Waals surface area (Å²) in [5, 5.41) is 6.17. The maximum absolute atomic E-state index is 11.8. The second-order valence-electron chi connectivity index (χ2n) is 5.43. The minimum absolute atomic E-state index is 0.161. The van der Waals surface area contributed by atoms with Gasteiger partial charge in [-0.15, -0.1) is 0 Å². The van der Waals surface area contributed by atoms with Crippen LogP contribution in [0.3, 0.4) is 0 Å². The zero-order valence-corrected chi connectivity index (χ0v) is 14.0. The number of benzene rings is 2.